The van der Waals surface area contributed by atoms with Gasteiger partial charge in [-0.2, -0.15) is 0 Å². The Hall–Kier alpha value is -3.74. The van der Waals surface area contributed by atoms with Gasteiger partial charge in [-0.15, -0.1) is 12.4 Å². The Morgan fingerprint density at radius 2 is 1.56 bits per heavy atom. The number of halogens is 1. The van der Waals surface area contributed by atoms with Gasteiger partial charge >= 0.3 is 5.97 Å². The summed E-state index contributed by atoms with van der Waals surface area (Å²) < 4.78 is 23.2. The average Bonchev–Trinajstić information content (AvgIpc) is 3.34. The number of ether oxygens (including phenoxy) is 4. The van der Waals surface area contributed by atoms with Crippen molar-refractivity contribution in [2.45, 2.75) is 25.9 Å². The summed E-state index contributed by atoms with van der Waals surface area (Å²) in [6.45, 7) is 4.27. The number of methoxy groups -OCH3 is 1. The number of cyclic esters (lactones) is 1. The molecule has 0 radical (unpaired) electrons. The van der Waals surface area contributed by atoms with Crippen molar-refractivity contribution in [2.24, 2.45) is 0 Å². The third-order valence-corrected chi connectivity index (χ3v) is 7.34. The van der Waals surface area contributed by atoms with Crippen molar-refractivity contribution in [1.29, 1.82) is 0 Å². The van der Waals surface area contributed by atoms with E-state index in [2.05, 4.69) is 17.0 Å². The topological polar surface area (TPSA) is 57.2 Å². The lowest BCUT2D eigenvalue weighted by atomic mass is 9.96. The quantitative estimate of drug-likeness (QED) is 0.217. The molecule has 202 valence electrons. The van der Waals surface area contributed by atoms with Crippen LogP contribution in [-0.4, -0.2) is 44.2 Å². The van der Waals surface area contributed by atoms with Crippen molar-refractivity contribution in [3.63, 3.8) is 0 Å². The van der Waals surface area contributed by atoms with Gasteiger partial charge in [-0.05, 0) is 97.5 Å². The molecule has 0 saturated carbocycles. The van der Waals surface area contributed by atoms with E-state index in [0.29, 0.717) is 18.8 Å². The standard InChI is InChI=1S/C32H31NO5.ClH/c1-35-27-11-14-29-23(20-27)5-12-28(22-6-13-30-24(19-22)21-37-32(30)34)31(29)38-26-9-7-25(8-10-26)36-18-17-33-15-3-2-4-16-33;/h5-14,19-20H,2-4,15-18,21H2,1H3;1H. The van der Waals surface area contributed by atoms with Gasteiger partial charge in [-0.25, -0.2) is 4.79 Å². The van der Waals surface area contributed by atoms with E-state index in [0.717, 1.165) is 57.0 Å². The average molecular weight is 546 g/mol. The molecule has 1 fully saturated rings. The molecule has 2 heterocycles. The number of carbonyl (C=O) groups excluding carboxylic acids is 1. The van der Waals surface area contributed by atoms with E-state index in [9.17, 15) is 4.79 Å². The maximum absolute atomic E-state index is 12.0. The van der Waals surface area contributed by atoms with Crippen LogP contribution in [0.3, 0.4) is 0 Å². The molecule has 0 unspecified atom stereocenters. The zero-order valence-corrected chi connectivity index (χ0v) is 22.8. The van der Waals surface area contributed by atoms with E-state index in [-0.39, 0.29) is 18.4 Å². The number of fused-ring (bicyclic) bond motifs is 2. The highest BCUT2D eigenvalue weighted by Gasteiger charge is 2.22. The van der Waals surface area contributed by atoms with Crippen LogP contribution in [0.15, 0.2) is 72.8 Å². The van der Waals surface area contributed by atoms with Crippen molar-refractivity contribution in [3.05, 3.63) is 83.9 Å². The monoisotopic (exact) mass is 545 g/mol. The van der Waals surface area contributed by atoms with E-state index < -0.39 is 0 Å². The van der Waals surface area contributed by atoms with Gasteiger partial charge in [0.2, 0.25) is 0 Å². The molecule has 1 saturated heterocycles. The number of benzene rings is 4. The van der Waals surface area contributed by atoms with Gasteiger partial charge in [-0.3, -0.25) is 4.90 Å². The SMILES string of the molecule is COc1ccc2c(Oc3ccc(OCCN4CCCCC4)cc3)c(-c3ccc4c(c3)COC4=O)ccc2c1.Cl. The summed E-state index contributed by atoms with van der Waals surface area (Å²) in [5.74, 6) is 2.81. The second kappa shape index (κ2) is 12.0. The number of likely N-dealkylation sites (tertiary alicyclic amines) is 1. The predicted molar refractivity (Wildman–Crippen MR) is 155 cm³/mol. The minimum absolute atomic E-state index is 0. The van der Waals surface area contributed by atoms with Crippen molar-refractivity contribution in [2.75, 3.05) is 33.4 Å². The molecule has 0 aliphatic carbocycles. The number of piperidine rings is 1. The fraction of sp³-hybridized carbons (Fsp3) is 0.281. The Morgan fingerprint density at radius 1 is 0.821 bits per heavy atom. The fourth-order valence-corrected chi connectivity index (χ4v) is 5.24. The highest BCUT2D eigenvalue weighted by atomic mass is 35.5. The molecule has 0 spiro atoms. The maximum atomic E-state index is 12.0. The first-order valence-electron chi connectivity index (χ1n) is 13.2. The summed E-state index contributed by atoms with van der Waals surface area (Å²) in [6.07, 6.45) is 3.91. The fourth-order valence-electron chi connectivity index (χ4n) is 5.24. The second-order valence-electron chi connectivity index (χ2n) is 9.80. The third kappa shape index (κ3) is 5.82. The molecule has 6 rings (SSSR count). The number of rotatable bonds is 8. The lowest BCUT2D eigenvalue weighted by Gasteiger charge is -2.26. The molecule has 4 aromatic carbocycles. The lowest BCUT2D eigenvalue weighted by molar-refractivity contribution is 0.0535. The largest absolute Gasteiger partial charge is 0.497 e. The summed E-state index contributed by atoms with van der Waals surface area (Å²) in [5, 5.41) is 1.98. The molecule has 2 aliphatic rings. The van der Waals surface area contributed by atoms with Crippen LogP contribution in [0.25, 0.3) is 21.9 Å². The molecule has 2 aliphatic heterocycles. The van der Waals surface area contributed by atoms with Gasteiger partial charge in [-0.1, -0.05) is 18.6 Å². The van der Waals surface area contributed by atoms with Crippen LogP contribution in [0, 0.1) is 0 Å². The molecular formula is C32H32ClNO5. The molecule has 0 bridgehead atoms. The molecule has 39 heavy (non-hydrogen) atoms. The van der Waals surface area contributed by atoms with E-state index in [1.807, 2.05) is 60.7 Å². The molecule has 0 N–H and O–H groups in total. The van der Waals surface area contributed by atoms with E-state index in [4.69, 9.17) is 18.9 Å². The van der Waals surface area contributed by atoms with Crippen molar-refractivity contribution in [3.8, 4) is 34.1 Å². The van der Waals surface area contributed by atoms with Crippen molar-refractivity contribution in [1.82, 2.24) is 4.90 Å². The van der Waals surface area contributed by atoms with Crippen LogP contribution < -0.4 is 14.2 Å². The Bertz CT molecular complexity index is 1460. The van der Waals surface area contributed by atoms with Crippen LogP contribution in [0.5, 0.6) is 23.0 Å². The summed E-state index contributed by atoms with van der Waals surface area (Å²) >= 11 is 0. The Morgan fingerprint density at radius 3 is 2.36 bits per heavy atom. The third-order valence-electron chi connectivity index (χ3n) is 7.34. The Kier molecular flexibility index (Phi) is 8.24. The van der Waals surface area contributed by atoms with Gasteiger partial charge < -0.3 is 18.9 Å². The van der Waals surface area contributed by atoms with Crippen LogP contribution in [0.1, 0.15) is 35.2 Å². The minimum Gasteiger partial charge on any atom is -0.497 e. The molecule has 4 aromatic rings. The zero-order chi connectivity index (χ0) is 25.9. The molecule has 0 atom stereocenters. The predicted octanol–water partition coefficient (Wildman–Crippen LogP) is 7.26. The first kappa shape index (κ1) is 26.9. The van der Waals surface area contributed by atoms with E-state index >= 15 is 0 Å². The van der Waals surface area contributed by atoms with Crippen LogP contribution >= 0.6 is 12.4 Å². The van der Waals surface area contributed by atoms with Crippen LogP contribution in [-0.2, 0) is 11.3 Å². The van der Waals surface area contributed by atoms with Gasteiger partial charge in [0.05, 0.1) is 12.7 Å². The first-order valence-corrected chi connectivity index (χ1v) is 13.2. The summed E-state index contributed by atoms with van der Waals surface area (Å²) in [4.78, 5) is 14.4. The Balaban J connectivity index is 0.00000308. The van der Waals surface area contributed by atoms with Gasteiger partial charge in [0.1, 0.15) is 36.2 Å². The van der Waals surface area contributed by atoms with Crippen LogP contribution in [0.4, 0.5) is 0 Å². The summed E-state index contributed by atoms with van der Waals surface area (Å²) in [5.41, 5.74) is 3.41. The van der Waals surface area contributed by atoms with Crippen LogP contribution in [0.2, 0.25) is 0 Å². The first-order chi connectivity index (χ1) is 18.7. The van der Waals surface area contributed by atoms with E-state index in [1.54, 1.807) is 7.11 Å². The number of hydrogen-bond acceptors (Lipinski definition) is 6. The van der Waals surface area contributed by atoms with Gasteiger partial charge in [0, 0.05) is 23.1 Å². The van der Waals surface area contributed by atoms with E-state index in [1.165, 1.54) is 32.4 Å². The smallest absolute Gasteiger partial charge is 0.338 e. The molecular weight excluding hydrogens is 514 g/mol. The molecule has 0 aromatic heterocycles. The number of carbonyl (C=O) groups is 1. The second-order valence-corrected chi connectivity index (χ2v) is 9.80. The van der Waals surface area contributed by atoms with Crippen molar-refractivity contribution >= 4 is 29.1 Å². The number of nitrogens with zero attached hydrogens (tertiary/aromatic N) is 1. The lowest BCUT2D eigenvalue weighted by Crippen LogP contribution is -2.33. The highest BCUT2D eigenvalue weighted by Crippen LogP contribution is 2.41. The maximum Gasteiger partial charge on any atom is 0.338 e. The van der Waals surface area contributed by atoms with Gasteiger partial charge in [0.25, 0.3) is 0 Å². The summed E-state index contributed by atoms with van der Waals surface area (Å²) in [6, 6.07) is 23.7. The molecule has 0 amide bonds. The number of hydrogen-bond donors (Lipinski definition) is 0. The number of esters is 1. The minimum atomic E-state index is -0.271. The molecule has 7 heteroatoms. The summed E-state index contributed by atoms with van der Waals surface area (Å²) in [7, 11) is 1.66. The molecule has 6 nitrogen and oxygen atoms in total. The highest BCUT2D eigenvalue weighted by molar-refractivity contribution is 5.98. The zero-order valence-electron chi connectivity index (χ0n) is 22.0. The van der Waals surface area contributed by atoms with Crippen molar-refractivity contribution < 1.29 is 23.7 Å². The van der Waals surface area contributed by atoms with Gasteiger partial charge in [0.15, 0.2) is 0 Å². The Labute approximate surface area is 234 Å². The normalized spacial score (nSPS) is 14.8.